The number of aromatic nitrogens is 1. The van der Waals surface area contributed by atoms with Gasteiger partial charge in [0.1, 0.15) is 11.4 Å². The van der Waals surface area contributed by atoms with Gasteiger partial charge in [-0.05, 0) is 34.7 Å². The first-order valence-electron chi connectivity index (χ1n) is 7.89. The molecular formula is C19H14IN3O3. The van der Waals surface area contributed by atoms with Gasteiger partial charge in [0, 0.05) is 28.5 Å². The van der Waals surface area contributed by atoms with E-state index in [2.05, 4.69) is 32.7 Å². The summed E-state index contributed by atoms with van der Waals surface area (Å²) >= 11 is 2.24. The van der Waals surface area contributed by atoms with Crippen LogP contribution >= 0.6 is 22.6 Å². The molecule has 7 heteroatoms. The Morgan fingerprint density at radius 3 is 2.77 bits per heavy atom. The number of fused-ring (bicyclic) bond motifs is 2. The van der Waals surface area contributed by atoms with Crippen LogP contribution in [0.5, 0.6) is 5.88 Å². The highest BCUT2D eigenvalue weighted by Crippen LogP contribution is 2.38. The molecule has 1 aliphatic heterocycles. The van der Waals surface area contributed by atoms with Gasteiger partial charge in [-0.15, -0.1) is 0 Å². The average molecular weight is 459 g/mol. The molecule has 0 saturated carbocycles. The normalized spacial score (nSPS) is 14.6. The summed E-state index contributed by atoms with van der Waals surface area (Å²) in [6.45, 7) is 1.29. The van der Waals surface area contributed by atoms with E-state index in [1.54, 1.807) is 11.6 Å². The van der Waals surface area contributed by atoms with Crippen molar-refractivity contribution in [2.24, 2.45) is 17.2 Å². The lowest BCUT2D eigenvalue weighted by Crippen LogP contribution is -2.14. The van der Waals surface area contributed by atoms with Gasteiger partial charge in [-0.2, -0.15) is 0 Å². The van der Waals surface area contributed by atoms with Gasteiger partial charge in [0.25, 0.3) is 0 Å². The number of aromatic hydroxyl groups is 1. The number of nitrogens with zero attached hydrogens (tertiary/aromatic N) is 3. The molecule has 0 aliphatic carbocycles. The molecule has 6 nitrogen and oxygen atoms in total. The first-order valence-corrected chi connectivity index (χ1v) is 8.97. The van der Waals surface area contributed by atoms with Crippen LogP contribution in [0.2, 0.25) is 0 Å². The van der Waals surface area contributed by atoms with Gasteiger partial charge in [-0.1, -0.05) is 35.5 Å². The fraction of sp³-hybridized carbons (Fsp3) is 0.105. The molecular weight excluding hydrogens is 445 g/mol. The summed E-state index contributed by atoms with van der Waals surface area (Å²) in [5.74, 6) is -0.427. The Kier molecular flexibility index (Phi) is 4.03. The van der Waals surface area contributed by atoms with E-state index in [1.165, 1.54) is 6.92 Å². The van der Waals surface area contributed by atoms with Crippen LogP contribution in [-0.2, 0) is 16.7 Å². The number of para-hydroxylation sites is 2. The Morgan fingerprint density at radius 2 is 2.00 bits per heavy atom. The highest BCUT2D eigenvalue weighted by Gasteiger charge is 2.30. The lowest BCUT2D eigenvalue weighted by atomic mass is 10.0. The number of aliphatic imine (C=N–C) groups is 1. The first kappa shape index (κ1) is 16.8. The second-order valence-electron chi connectivity index (χ2n) is 5.89. The van der Waals surface area contributed by atoms with Crippen LogP contribution in [0, 0.1) is 3.57 Å². The summed E-state index contributed by atoms with van der Waals surface area (Å²) in [4.78, 5) is 20.8. The molecule has 1 aromatic heterocycles. The van der Waals surface area contributed by atoms with Crippen LogP contribution in [0.4, 0.5) is 5.69 Å². The number of carbonyl (C=O) groups excluding carboxylic acids is 1. The van der Waals surface area contributed by atoms with Crippen molar-refractivity contribution >= 4 is 56.6 Å². The fourth-order valence-corrected chi connectivity index (χ4v) is 3.99. The summed E-state index contributed by atoms with van der Waals surface area (Å²) in [5.41, 5.74) is 3.87. The van der Waals surface area contributed by atoms with Gasteiger partial charge in [0.2, 0.25) is 5.88 Å². The van der Waals surface area contributed by atoms with Crippen molar-refractivity contribution in [1.29, 1.82) is 0 Å². The molecule has 0 bridgehead atoms. The quantitative estimate of drug-likeness (QED) is 0.359. The molecule has 0 radical (unpaired) electrons. The molecule has 0 atom stereocenters. The van der Waals surface area contributed by atoms with Gasteiger partial charge >= 0.3 is 5.97 Å². The van der Waals surface area contributed by atoms with E-state index in [0.29, 0.717) is 17.0 Å². The molecule has 26 heavy (non-hydrogen) atoms. The highest BCUT2D eigenvalue weighted by atomic mass is 127. The zero-order valence-electron chi connectivity index (χ0n) is 14.0. The van der Waals surface area contributed by atoms with Crippen molar-refractivity contribution in [3.05, 3.63) is 57.2 Å². The lowest BCUT2D eigenvalue weighted by molar-refractivity contribution is -0.140. The van der Waals surface area contributed by atoms with E-state index in [4.69, 9.17) is 4.84 Å². The van der Waals surface area contributed by atoms with Crippen LogP contribution in [0.25, 0.3) is 10.9 Å². The van der Waals surface area contributed by atoms with Crippen molar-refractivity contribution in [3.63, 3.8) is 0 Å². The average Bonchev–Trinajstić information content (AvgIpc) is 3.09. The predicted octanol–water partition coefficient (Wildman–Crippen LogP) is 3.89. The van der Waals surface area contributed by atoms with Gasteiger partial charge in [-0.25, -0.2) is 9.79 Å². The minimum atomic E-state index is -0.516. The van der Waals surface area contributed by atoms with Crippen LogP contribution in [0.15, 0.2) is 52.6 Å². The number of oxime groups is 1. The maximum atomic E-state index is 11.3. The molecule has 130 valence electrons. The number of aryl methyl sites for hydroxylation is 1. The molecule has 2 heterocycles. The second-order valence-corrected chi connectivity index (χ2v) is 7.06. The molecule has 1 aliphatic rings. The maximum Gasteiger partial charge on any atom is 0.332 e. The summed E-state index contributed by atoms with van der Waals surface area (Å²) in [7, 11) is 1.80. The number of benzene rings is 2. The Labute approximate surface area is 162 Å². The first-order chi connectivity index (χ1) is 12.5. The van der Waals surface area contributed by atoms with Crippen LogP contribution < -0.4 is 0 Å². The number of hydrogen-bond donors (Lipinski definition) is 1. The summed E-state index contributed by atoms with van der Waals surface area (Å²) in [5, 5.41) is 15.7. The molecule has 2 aromatic carbocycles. The third kappa shape index (κ3) is 2.50. The van der Waals surface area contributed by atoms with E-state index < -0.39 is 5.97 Å². The monoisotopic (exact) mass is 459 g/mol. The lowest BCUT2D eigenvalue weighted by Gasteiger charge is -2.04. The predicted molar refractivity (Wildman–Crippen MR) is 108 cm³/mol. The van der Waals surface area contributed by atoms with Crippen molar-refractivity contribution in [2.45, 2.75) is 6.92 Å². The molecule has 0 fully saturated rings. The van der Waals surface area contributed by atoms with Crippen molar-refractivity contribution < 1.29 is 14.7 Å². The number of rotatable bonds is 2. The molecule has 0 spiro atoms. The standard InChI is InChI=1S/C19H14IN3O3/c1-10(24)26-22-16-11-6-3-4-9-14(11)21-17(16)15-12-7-5-8-13(20)18(12)23(2)19(15)25/h3-9,25H,1-2H3/b22-16-. The van der Waals surface area contributed by atoms with Gasteiger partial charge in [0.05, 0.1) is 16.8 Å². The Balaban J connectivity index is 2.00. The number of halogens is 1. The molecule has 4 rings (SSSR count). The van der Waals surface area contributed by atoms with Gasteiger partial charge in [0.15, 0.2) is 0 Å². The van der Waals surface area contributed by atoms with Crippen molar-refractivity contribution in [3.8, 4) is 5.88 Å². The summed E-state index contributed by atoms with van der Waals surface area (Å²) in [6.07, 6.45) is 0. The van der Waals surface area contributed by atoms with E-state index in [-0.39, 0.29) is 5.88 Å². The largest absolute Gasteiger partial charge is 0.494 e. The SMILES string of the molecule is CC(=O)O/N=C1\C(c2c(O)n(C)c3c(I)cccc23)=Nc2ccccc21. The van der Waals surface area contributed by atoms with E-state index in [9.17, 15) is 9.90 Å². The zero-order valence-corrected chi connectivity index (χ0v) is 16.2. The minimum absolute atomic E-state index is 0.0891. The topological polar surface area (TPSA) is 76.2 Å². The second kappa shape index (κ2) is 6.24. The molecule has 1 N–H and O–H groups in total. The zero-order chi connectivity index (χ0) is 18.4. The molecule has 0 amide bonds. The molecule has 0 saturated heterocycles. The van der Waals surface area contributed by atoms with Crippen molar-refractivity contribution in [1.82, 2.24) is 4.57 Å². The van der Waals surface area contributed by atoms with Gasteiger partial charge in [-0.3, -0.25) is 0 Å². The molecule has 3 aromatic rings. The van der Waals surface area contributed by atoms with E-state index in [0.717, 1.165) is 25.7 Å². The van der Waals surface area contributed by atoms with Gasteiger partial charge < -0.3 is 14.5 Å². The van der Waals surface area contributed by atoms with E-state index >= 15 is 0 Å². The van der Waals surface area contributed by atoms with Crippen LogP contribution in [0.1, 0.15) is 18.1 Å². The highest BCUT2D eigenvalue weighted by molar-refractivity contribution is 14.1. The maximum absolute atomic E-state index is 11.3. The summed E-state index contributed by atoms with van der Waals surface area (Å²) < 4.78 is 2.74. The molecule has 0 unspecified atom stereocenters. The van der Waals surface area contributed by atoms with Crippen molar-refractivity contribution in [2.75, 3.05) is 0 Å². The fourth-order valence-electron chi connectivity index (χ4n) is 3.13. The number of hydrogen-bond acceptors (Lipinski definition) is 5. The third-order valence-electron chi connectivity index (χ3n) is 4.25. The smallest absolute Gasteiger partial charge is 0.332 e. The Bertz CT molecular complexity index is 1130. The van der Waals surface area contributed by atoms with Crippen LogP contribution in [0.3, 0.4) is 0 Å². The third-order valence-corrected chi connectivity index (χ3v) is 5.12. The van der Waals surface area contributed by atoms with E-state index in [1.807, 2.05) is 42.5 Å². The summed E-state index contributed by atoms with van der Waals surface area (Å²) in [6, 6.07) is 13.3. The number of carbonyl (C=O) groups is 1. The Hall–Kier alpha value is -2.68. The van der Waals surface area contributed by atoms with Crippen LogP contribution in [-0.4, -0.2) is 27.1 Å². The Morgan fingerprint density at radius 1 is 1.23 bits per heavy atom. The minimum Gasteiger partial charge on any atom is -0.494 e.